The van der Waals surface area contributed by atoms with Gasteiger partial charge in [0.1, 0.15) is 0 Å². The monoisotopic (exact) mass is 446 g/mol. The highest BCUT2D eigenvalue weighted by molar-refractivity contribution is 9.10. The third-order valence-electron chi connectivity index (χ3n) is 3.87. The number of rotatable bonds is 6. The summed E-state index contributed by atoms with van der Waals surface area (Å²) in [6.45, 7) is 2.57. The topological polar surface area (TPSA) is 33.2 Å². The number of aryl methyl sites for hydroxylation is 1. The Morgan fingerprint density at radius 1 is 1.19 bits per heavy atom. The Morgan fingerprint density at radius 3 is 2.65 bits per heavy atom. The van der Waals surface area contributed by atoms with E-state index in [1.807, 2.05) is 62.5 Å². The van der Waals surface area contributed by atoms with Crippen LogP contribution in [-0.2, 0) is 12.3 Å². The van der Waals surface area contributed by atoms with Crippen molar-refractivity contribution in [3.63, 3.8) is 0 Å². The number of hydrogen-bond acceptors (Lipinski definition) is 4. The Balaban J connectivity index is 1.73. The lowest BCUT2D eigenvalue weighted by Crippen LogP contribution is -2.26. The Hall–Kier alpha value is -1.63. The molecule has 1 aromatic heterocycles. The number of amides is 1. The predicted molar refractivity (Wildman–Crippen MR) is 113 cm³/mol. The number of thiazole rings is 1. The van der Waals surface area contributed by atoms with Gasteiger partial charge in [-0.2, -0.15) is 0 Å². The van der Waals surface area contributed by atoms with E-state index in [1.54, 1.807) is 28.0 Å². The van der Waals surface area contributed by atoms with E-state index in [0.717, 1.165) is 36.9 Å². The van der Waals surface area contributed by atoms with Crippen LogP contribution in [0, 0.1) is 6.92 Å². The summed E-state index contributed by atoms with van der Waals surface area (Å²) in [4.78, 5) is 20.2. The molecule has 0 spiro atoms. The smallest absolute Gasteiger partial charge is 0.255 e. The molecule has 0 unspecified atom stereocenters. The van der Waals surface area contributed by atoms with Crippen LogP contribution in [0.3, 0.4) is 0 Å². The molecule has 26 heavy (non-hydrogen) atoms. The fraction of sp³-hybridized carbons (Fsp3) is 0.200. The third-order valence-corrected chi connectivity index (χ3v) is 6.57. The van der Waals surface area contributed by atoms with Gasteiger partial charge in [0.05, 0.1) is 16.3 Å². The van der Waals surface area contributed by atoms with E-state index < -0.39 is 0 Å². The average Bonchev–Trinajstić information content (AvgIpc) is 3.07. The normalized spacial score (nSPS) is 10.7. The van der Waals surface area contributed by atoms with Crippen molar-refractivity contribution >= 4 is 44.9 Å². The van der Waals surface area contributed by atoms with E-state index in [-0.39, 0.29) is 5.91 Å². The molecule has 0 aliphatic rings. The van der Waals surface area contributed by atoms with Crippen LogP contribution in [-0.4, -0.2) is 22.8 Å². The first kappa shape index (κ1) is 19.1. The first-order valence-corrected chi connectivity index (χ1v) is 10.8. The summed E-state index contributed by atoms with van der Waals surface area (Å²) in [5.41, 5.74) is 2.88. The van der Waals surface area contributed by atoms with Crippen LogP contribution >= 0.6 is 39.0 Å². The maximum atomic E-state index is 13.0. The number of aromatic nitrogens is 1. The largest absolute Gasteiger partial charge is 0.337 e. The molecule has 0 N–H and O–H groups in total. The Morgan fingerprint density at radius 2 is 1.92 bits per heavy atom. The lowest BCUT2D eigenvalue weighted by molar-refractivity contribution is 0.0781. The van der Waals surface area contributed by atoms with Gasteiger partial charge in [0.2, 0.25) is 0 Å². The van der Waals surface area contributed by atoms with Crippen molar-refractivity contribution in [1.82, 2.24) is 9.88 Å². The van der Waals surface area contributed by atoms with Crippen LogP contribution in [0.2, 0.25) is 0 Å². The van der Waals surface area contributed by atoms with Crippen LogP contribution in [0.4, 0.5) is 0 Å². The molecule has 1 heterocycles. The van der Waals surface area contributed by atoms with Crippen molar-refractivity contribution in [3.8, 4) is 0 Å². The lowest BCUT2D eigenvalue weighted by atomic mass is 10.1. The number of thioether (sulfide) groups is 1. The standard InChI is InChI=1S/C20H19BrN2OS2/c1-14-22-16(12-25-14)13-26-19-10-6-4-8-17(19)20(24)23(2)11-15-7-3-5-9-18(15)21/h3-10,12H,11,13H2,1-2H3. The van der Waals surface area contributed by atoms with Crippen LogP contribution < -0.4 is 0 Å². The van der Waals surface area contributed by atoms with E-state index in [0.29, 0.717) is 6.54 Å². The molecule has 0 aliphatic carbocycles. The minimum absolute atomic E-state index is 0.0262. The number of benzene rings is 2. The second kappa shape index (κ2) is 8.84. The van der Waals surface area contributed by atoms with Gasteiger partial charge in [-0.25, -0.2) is 4.98 Å². The number of hydrogen-bond donors (Lipinski definition) is 0. The first-order chi connectivity index (χ1) is 12.5. The summed E-state index contributed by atoms with van der Waals surface area (Å²) < 4.78 is 1.02. The van der Waals surface area contributed by atoms with Crippen molar-refractivity contribution in [1.29, 1.82) is 0 Å². The maximum absolute atomic E-state index is 13.0. The SMILES string of the molecule is Cc1nc(CSc2ccccc2C(=O)N(C)Cc2ccccc2Br)cs1. The molecule has 0 atom stereocenters. The van der Waals surface area contributed by atoms with Crippen molar-refractivity contribution in [2.75, 3.05) is 7.05 Å². The summed E-state index contributed by atoms with van der Waals surface area (Å²) in [5, 5.41) is 3.14. The highest BCUT2D eigenvalue weighted by atomic mass is 79.9. The van der Waals surface area contributed by atoms with Crippen LogP contribution in [0.25, 0.3) is 0 Å². The Bertz CT molecular complexity index is 910. The van der Waals surface area contributed by atoms with Crippen LogP contribution in [0.1, 0.15) is 26.6 Å². The summed E-state index contributed by atoms with van der Waals surface area (Å²) >= 11 is 6.86. The highest BCUT2D eigenvalue weighted by Crippen LogP contribution is 2.28. The van der Waals surface area contributed by atoms with Crippen molar-refractivity contribution in [2.24, 2.45) is 0 Å². The minimum Gasteiger partial charge on any atom is -0.337 e. The number of carbonyl (C=O) groups excluding carboxylic acids is 1. The van der Waals surface area contributed by atoms with Gasteiger partial charge in [-0.1, -0.05) is 46.3 Å². The van der Waals surface area contributed by atoms with Gasteiger partial charge < -0.3 is 4.90 Å². The fourth-order valence-electron chi connectivity index (χ4n) is 2.55. The molecule has 0 saturated heterocycles. The summed E-state index contributed by atoms with van der Waals surface area (Å²) in [6.07, 6.45) is 0. The van der Waals surface area contributed by atoms with Crippen molar-refractivity contribution < 1.29 is 4.79 Å². The zero-order chi connectivity index (χ0) is 18.5. The molecule has 3 rings (SSSR count). The Kier molecular flexibility index (Phi) is 6.51. The molecule has 1 amide bonds. The molecule has 0 radical (unpaired) electrons. The molecule has 0 saturated carbocycles. The van der Waals surface area contributed by atoms with Gasteiger partial charge in [0, 0.05) is 34.1 Å². The number of halogens is 1. The Labute approximate surface area is 170 Å². The number of carbonyl (C=O) groups is 1. The molecule has 3 aromatic rings. The molecule has 3 nitrogen and oxygen atoms in total. The molecular formula is C20H19BrN2OS2. The third kappa shape index (κ3) is 4.75. The molecular weight excluding hydrogens is 428 g/mol. The van der Waals surface area contributed by atoms with Gasteiger partial charge in [-0.3, -0.25) is 4.79 Å². The van der Waals surface area contributed by atoms with E-state index in [9.17, 15) is 4.79 Å². The first-order valence-electron chi connectivity index (χ1n) is 8.16. The van der Waals surface area contributed by atoms with E-state index >= 15 is 0 Å². The van der Waals surface area contributed by atoms with Crippen LogP contribution in [0.5, 0.6) is 0 Å². The van der Waals surface area contributed by atoms with Gasteiger partial charge in [-0.15, -0.1) is 23.1 Å². The second-order valence-electron chi connectivity index (χ2n) is 5.90. The van der Waals surface area contributed by atoms with E-state index in [2.05, 4.69) is 26.3 Å². The van der Waals surface area contributed by atoms with Gasteiger partial charge in [-0.05, 0) is 30.7 Å². The fourth-order valence-corrected chi connectivity index (χ4v) is 4.62. The zero-order valence-corrected chi connectivity index (χ0v) is 17.8. The predicted octanol–water partition coefficient (Wildman–Crippen LogP) is 5.78. The van der Waals surface area contributed by atoms with Gasteiger partial charge in [0.25, 0.3) is 5.91 Å². The molecule has 0 bridgehead atoms. The average molecular weight is 447 g/mol. The van der Waals surface area contributed by atoms with Gasteiger partial charge >= 0.3 is 0 Å². The lowest BCUT2D eigenvalue weighted by Gasteiger charge is -2.19. The quantitative estimate of drug-likeness (QED) is 0.449. The second-order valence-corrected chi connectivity index (χ2v) is 8.83. The molecule has 0 fully saturated rings. The van der Waals surface area contributed by atoms with Gasteiger partial charge in [0.15, 0.2) is 0 Å². The molecule has 6 heteroatoms. The summed E-state index contributed by atoms with van der Waals surface area (Å²) in [6, 6.07) is 15.8. The van der Waals surface area contributed by atoms with Crippen molar-refractivity contribution in [2.45, 2.75) is 24.1 Å². The maximum Gasteiger partial charge on any atom is 0.255 e. The summed E-state index contributed by atoms with van der Waals surface area (Å²) in [7, 11) is 1.84. The summed E-state index contributed by atoms with van der Waals surface area (Å²) in [5.74, 6) is 0.793. The minimum atomic E-state index is 0.0262. The highest BCUT2D eigenvalue weighted by Gasteiger charge is 2.17. The van der Waals surface area contributed by atoms with E-state index in [4.69, 9.17) is 0 Å². The van der Waals surface area contributed by atoms with Crippen molar-refractivity contribution in [3.05, 3.63) is 80.2 Å². The number of nitrogens with zero attached hydrogens (tertiary/aromatic N) is 2. The molecule has 134 valence electrons. The molecule has 2 aromatic carbocycles. The van der Waals surface area contributed by atoms with Crippen LogP contribution in [0.15, 0.2) is 63.3 Å². The zero-order valence-electron chi connectivity index (χ0n) is 14.6. The molecule has 0 aliphatic heterocycles. The van der Waals surface area contributed by atoms with E-state index in [1.165, 1.54) is 0 Å².